The lowest BCUT2D eigenvalue weighted by molar-refractivity contribution is -0.942. The summed E-state index contributed by atoms with van der Waals surface area (Å²) in [5.41, 5.74) is 3.57. The molecule has 5 heteroatoms. The lowest BCUT2D eigenvalue weighted by Crippen LogP contribution is -3.08. The van der Waals surface area contributed by atoms with Crippen LogP contribution in [-0.2, 0) is 19.6 Å². The summed E-state index contributed by atoms with van der Waals surface area (Å²) in [6.45, 7) is 6.14. The molecule has 1 aromatic carbocycles. The number of benzene rings is 1. The van der Waals surface area contributed by atoms with Gasteiger partial charge in [0, 0.05) is 17.0 Å². The molecule has 0 saturated heterocycles. The molecule has 0 saturated carbocycles. The van der Waals surface area contributed by atoms with Gasteiger partial charge in [0.25, 0.3) is 0 Å². The highest BCUT2D eigenvalue weighted by atomic mass is 16.4. The third-order valence-electron chi connectivity index (χ3n) is 4.89. The number of aryl methyl sites for hydroxylation is 2. The van der Waals surface area contributed by atoms with Crippen LogP contribution in [0.3, 0.4) is 0 Å². The first-order valence-electron chi connectivity index (χ1n) is 9.01. The highest BCUT2D eigenvalue weighted by molar-refractivity contribution is 5.81. The third-order valence-corrected chi connectivity index (χ3v) is 4.89. The van der Waals surface area contributed by atoms with Crippen LogP contribution in [0.5, 0.6) is 0 Å². The van der Waals surface area contributed by atoms with Crippen molar-refractivity contribution in [1.82, 2.24) is 0 Å². The van der Waals surface area contributed by atoms with Crippen LogP contribution in [0.25, 0.3) is 11.0 Å². The molecule has 0 radical (unpaired) electrons. The zero-order chi connectivity index (χ0) is 18.8. The van der Waals surface area contributed by atoms with E-state index in [4.69, 9.17) is 13.3 Å². The summed E-state index contributed by atoms with van der Waals surface area (Å²) >= 11 is 0. The number of furan rings is 2. The van der Waals surface area contributed by atoms with E-state index in [1.165, 1.54) is 10.5 Å². The highest BCUT2D eigenvalue weighted by Gasteiger charge is 2.18. The first-order valence-corrected chi connectivity index (χ1v) is 9.01. The Balaban J connectivity index is 1.71. The molecule has 0 aliphatic heterocycles. The van der Waals surface area contributed by atoms with Gasteiger partial charge >= 0.3 is 5.63 Å². The van der Waals surface area contributed by atoms with Crippen molar-refractivity contribution in [1.29, 1.82) is 0 Å². The van der Waals surface area contributed by atoms with Crippen molar-refractivity contribution < 1.29 is 18.2 Å². The predicted molar refractivity (Wildman–Crippen MR) is 101 cm³/mol. The molecule has 0 bridgehead atoms. The van der Waals surface area contributed by atoms with Crippen molar-refractivity contribution in [2.24, 2.45) is 0 Å². The molecule has 3 heterocycles. The van der Waals surface area contributed by atoms with E-state index >= 15 is 0 Å². The van der Waals surface area contributed by atoms with Crippen LogP contribution in [0, 0.1) is 13.8 Å². The summed E-state index contributed by atoms with van der Waals surface area (Å²) in [6.07, 6.45) is 3.36. The Morgan fingerprint density at radius 3 is 2.07 bits per heavy atom. The van der Waals surface area contributed by atoms with Crippen molar-refractivity contribution in [3.63, 3.8) is 0 Å². The Morgan fingerprint density at radius 1 is 0.852 bits per heavy atom. The van der Waals surface area contributed by atoms with Crippen LogP contribution in [-0.4, -0.2) is 0 Å². The van der Waals surface area contributed by atoms with E-state index in [0.717, 1.165) is 28.0 Å². The molecule has 0 atom stereocenters. The smallest absolute Gasteiger partial charge is 0.336 e. The minimum absolute atomic E-state index is 0.323. The van der Waals surface area contributed by atoms with Crippen molar-refractivity contribution >= 4 is 11.0 Å². The highest BCUT2D eigenvalue weighted by Crippen LogP contribution is 2.21. The number of quaternary nitrogens is 1. The van der Waals surface area contributed by atoms with Crippen LogP contribution in [0.15, 0.2) is 73.0 Å². The molecule has 0 spiro atoms. The number of nitrogens with one attached hydrogen (secondary N) is 1. The van der Waals surface area contributed by atoms with E-state index in [1.807, 2.05) is 37.3 Å². The molecule has 138 valence electrons. The third kappa shape index (κ3) is 3.88. The lowest BCUT2D eigenvalue weighted by atomic mass is 10.0. The summed E-state index contributed by atoms with van der Waals surface area (Å²) in [5.74, 6) is 1.80. The summed E-state index contributed by atoms with van der Waals surface area (Å²) in [7, 11) is 0. The zero-order valence-corrected chi connectivity index (χ0v) is 15.5. The van der Waals surface area contributed by atoms with E-state index < -0.39 is 0 Å². The molecule has 0 aliphatic rings. The topological polar surface area (TPSA) is 60.9 Å². The Kier molecular flexibility index (Phi) is 4.69. The van der Waals surface area contributed by atoms with Crippen LogP contribution in [0.1, 0.15) is 28.2 Å². The predicted octanol–water partition coefficient (Wildman–Crippen LogP) is 3.38. The van der Waals surface area contributed by atoms with Crippen LogP contribution >= 0.6 is 0 Å². The van der Waals surface area contributed by atoms with Gasteiger partial charge in [0.2, 0.25) is 0 Å². The van der Waals surface area contributed by atoms with E-state index in [2.05, 4.69) is 13.0 Å². The second-order valence-corrected chi connectivity index (χ2v) is 6.96. The molecule has 4 aromatic rings. The molecular weight excluding hydrogens is 342 g/mol. The van der Waals surface area contributed by atoms with E-state index in [0.29, 0.717) is 25.2 Å². The maximum atomic E-state index is 12.1. The minimum atomic E-state index is -0.323. The Hall–Kier alpha value is -3.05. The summed E-state index contributed by atoms with van der Waals surface area (Å²) < 4.78 is 16.5. The molecule has 5 nitrogen and oxygen atoms in total. The van der Waals surface area contributed by atoms with Crippen molar-refractivity contribution in [2.45, 2.75) is 33.5 Å². The quantitative estimate of drug-likeness (QED) is 0.533. The maximum absolute atomic E-state index is 12.1. The standard InChI is InChI=1S/C22H21NO4/c1-15-9-20-17(11-22(24)27-21(20)10-16(15)2)12-23(13-18-5-3-7-25-18)14-19-6-4-8-26-19/h3-11H,12-14H2,1-2H3/p+1. The molecule has 3 aromatic heterocycles. The van der Waals surface area contributed by atoms with Crippen LogP contribution in [0.4, 0.5) is 0 Å². The lowest BCUT2D eigenvalue weighted by Gasteiger charge is -2.18. The number of fused-ring (bicyclic) bond motifs is 1. The molecule has 0 aliphatic carbocycles. The van der Waals surface area contributed by atoms with Gasteiger partial charge in [0.1, 0.15) is 25.2 Å². The van der Waals surface area contributed by atoms with Gasteiger partial charge in [-0.05, 0) is 61.4 Å². The first kappa shape index (κ1) is 17.4. The summed E-state index contributed by atoms with van der Waals surface area (Å²) in [6, 6.07) is 13.3. The molecular formula is C22H22NO4+. The number of hydrogen-bond donors (Lipinski definition) is 1. The first-order chi connectivity index (χ1) is 13.1. The monoisotopic (exact) mass is 364 g/mol. The second kappa shape index (κ2) is 7.29. The summed E-state index contributed by atoms with van der Waals surface area (Å²) in [5, 5.41) is 0.981. The molecule has 0 unspecified atom stereocenters. The largest absolute Gasteiger partial charge is 0.463 e. The average Bonchev–Trinajstić information content (AvgIpc) is 3.30. The van der Waals surface area contributed by atoms with Crippen molar-refractivity contribution in [3.05, 3.63) is 93.6 Å². The zero-order valence-electron chi connectivity index (χ0n) is 15.5. The number of rotatable bonds is 6. The van der Waals surface area contributed by atoms with Gasteiger partial charge < -0.3 is 18.2 Å². The molecule has 4 rings (SSSR count). The Bertz CT molecular complexity index is 1060. The Morgan fingerprint density at radius 2 is 1.48 bits per heavy atom. The average molecular weight is 364 g/mol. The molecule has 1 N–H and O–H groups in total. The fourth-order valence-electron chi connectivity index (χ4n) is 3.41. The van der Waals surface area contributed by atoms with Gasteiger partial charge in [0.15, 0.2) is 11.5 Å². The molecule has 0 amide bonds. The van der Waals surface area contributed by atoms with E-state index in [9.17, 15) is 4.79 Å². The normalized spacial score (nSPS) is 11.5. The van der Waals surface area contributed by atoms with Gasteiger partial charge in [0.05, 0.1) is 12.5 Å². The van der Waals surface area contributed by atoms with Gasteiger partial charge in [-0.1, -0.05) is 0 Å². The minimum Gasteiger partial charge on any atom is -0.463 e. The van der Waals surface area contributed by atoms with Crippen LogP contribution < -0.4 is 10.5 Å². The van der Waals surface area contributed by atoms with Crippen LogP contribution in [0.2, 0.25) is 0 Å². The van der Waals surface area contributed by atoms with Gasteiger partial charge in [-0.3, -0.25) is 0 Å². The van der Waals surface area contributed by atoms with Crippen molar-refractivity contribution in [3.8, 4) is 0 Å². The molecule has 0 fully saturated rings. The van der Waals surface area contributed by atoms with Gasteiger partial charge in [-0.15, -0.1) is 0 Å². The Labute approximate surface area is 156 Å². The van der Waals surface area contributed by atoms with E-state index in [1.54, 1.807) is 18.6 Å². The maximum Gasteiger partial charge on any atom is 0.336 e. The SMILES string of the molecule is Cc1cc2oc(=O)cc(C[NH+](Cc3ccco3)Cc3ccco3)c2cc1C. The van der Waals surface area contributed by atoms with Crippen molar-refractivity contribution in [2.75, 3.05) is 0 Å². The molecule has 27 heavy (non-hydrogen) atoms. The van der Waals surface area contributed by atoms with Gasteiger partial charge in [-0.2, -0.15) is 0 Å². The number of hydrogen-bond acceptors (Lipinski definition) is 4. The summed E-state index contributed by atoms with van der Waals surface area (Å²) in [4.78, 5) is 13.3. The fourth-order valence-corrected chi connectivity index (χ4v) is 3.41. The fraction of sp³-hybridized carbons (Fsp3) is 0.227. The van der Waals surface area contributed by atoms with Gasteiger partial charge in [-0.25, -0.2) is 4.79 Å². The van der Waals surface area contributed by atoms with E-state index in [-0.39, 0.29) is 5.63 Å². The second-order valence-electron chi connectivity index (χ2n) is 6.96.